The smallest absolute Gasteiger partial charge is 0.293 e. The number of nitrogens with zero attached hydrogens (tertiary/aromatic N) is 5. The average Bonchev–Trinajstić information content (AvgIpc) is 3.97. The van der Waals surface area contributed by atoms with Gasteiger partial charge in [-0.2, -0.15) is 4.98 Å². The third-order valence-electron chi connectivity index (χ3n) is 14.9. The highest BCUT2D eigenvalue weighted by atomic mass is 35.5. The maximum Gasteiger partial charge on any atom is 0.293 e. The first kappa shape index (κ1) is 44.9. The van der Waals surface area contributed by atoms with E-state index in [1.54, 1.807) is 23.4 Å². The highest BCUT2D eigenvalue weighted by molar-refractivity contribution is 7.90. The summed E-state index contributed by atoms with van der Waals surface area (Å²) in [4.78, 5) is 40.3. The van der Waals surface area contributed by atoms with Crippen molar-refractivity contribution in [2.75, 3.05) is 87.4 Å². The minimum absolute atomic E-state index is 0.0175. The minimum atomic E-state index is -4.59. The molecule has 1 amide bonds. The number of benzene rings is 2. The van der Waals surface area contributed by atoms with Crippen molar-refractivity contribution < 1.29 is 32.3 Å². The first-order chi connectivity index (χ1) is 31.7. The third kappa shape index (κ3) is 8.96. The minimum Gasteiger partial charge on any atom is -0.476 e. The fourth-order valence-corrected chi connectivity index (χ4v) is 12.7. The molecule has 6 aliphatic rings. The Morgan fingerprint density at radius 3 is 2.55 bits per heavy atom. The van der Waals surface area contributed by atoms with Crippen LogP contribution in [0.1, 0.15) is 82.0 Å². The number of allylic oxidation sites excluding steroid dienone is 1. The normalized spacial score (nSPS) is 25.7. The summed E-state index contributed by atoms with van der Waals surface area (Å²) >= 11 is 7.10. The molecule has 2 aromatic carbocycles. The summed E-state index contributed by atoms with van der Waals surface area (Å²) in [5.74, 6) is -0.478. The number of hydrogen-bond donors (Lipinski definition) is 3. The Balaban J connectivity index is 0.917. The number of carbonyl (C=O) groups excluding carboxylic acids is 1. The second-order valence-electron chi connectivity index (χ2n) is 19.9. The molecule has 1 atom stereocenters. The molecule has 2 aromatic heterocycles. The van der Waals surface area contributed by atoms with Gasteiger partial charge in [0.25, 0.3) is 21.6 Å². The van der Waals surface area contributed by atoms with Gasteiger partial charge in [-0.05, 0) is 111 Å². The average molecular weight is 944 g/mol. The van der Waals surface area contributed by atoms with Crippen molar-refractivity contribution >= 4 is 67.0 Å². The Hall–Kier alpha value is -4.94. The van der Waals surface area contributed by atoms with Crippen LogP contribution in [0.4, 0.5) is 28.4 Å². The van der Waals surface area contributed by atoms with Crippen LogP contribution in [0.25, 0.3) is 11.0 Å². The molecular formula is C48H59ClN8O8S. The number of aromatic amines is 1. The number of ether oxygens (including phenoxy) is 3. The second kappa shape index (κ2) is 17.6. The van der Waals surface area contributed by atoms with Gasteiger partial charge in [-0.1, -0.05) is 25.0 Å². The van der Waals surface area contributed by atoms with Crippen LogP contribution in [-0.2, 0) is 19.5 Å². The Labute approximate surface area is 390 Å². The zero-order valence-corrected chi connectivity index (χ0v) is 39.3. The van der Waals surface area contributed by atoms with Crippen LogP contribution in [0.15, 0.2) is 70.8 Å². The van der Waals surface area contributed by atoms with Gasteiger partial charge in [0.2, 0.25) is 5.88 Å². The molecular weight excluding hydrogens is 884 g/mol. The van der Waals surface area contributed by atoms with Gasteiger partial charge >= 0.3 is 0 Å². The molecule has 3 aliphatic carbocycles. The quantitative estimate of drug-likeness (QED) is 0.0540. The molecule has 2 saturated heterocycles. The molecule has 10 rings (SSSR count). The molecule has 2 bridgehead atoms. The molecule has 352 valence electrons. The molecule has 2 saturated carbocycles. The fraction of sp³-hybridized carbons (Fsp3) is 0.542. The van der Waals surface area contributed by atoms with Crippen molar-refractivity contribution in [2.45, 2.75) is 87.5 Å². The number of H-pyrrole nitrogens is 1. The Bertz CT molecular complexity index is 2670. The zero-order chi connectivity index (χ0) is 45.8. The first-order valence-electron chi connectivity index (χ1n) is 23.4. The van der Waals surface area contributed by atoms with E-state index >= 15 is 0 Å². The summed E-state index contributed by atoms with van der Waals surface area (Å²) < 4.78 is 47.3. The summed E-state index contributed by atoms with van der Waals surface area (Å²) in [5.41, 5.74) is 6.39. The molecule has 18 heteroatoms. The maximum absolute atomic E-state index is 14.4. The lowest BCUT2D eigenvalue weighted by Gasteiger charge is -2.43. The lowest BCUT2D eigenvalue weighted by Crippen LogP contribution is -2.47. The number of rotatable bonds is 12. The monoisotopic (exact) mass is 942 g/mol. The number of nitro benzene ring substituents is 1. The van der Waals surface area contributed by atoms with E-state index in [1.807, 2.05) is 29.2 Å². The van der Waals surface area contributed by atoms with Crippen molar-refractivity contribution in [2.24, 2.45) is 10.8 Å². The molecule has 1 unspecified atom stereocenters. The van der Waals surface area contributed by atoms with Crippen LogP contribution in [0.3, 0.4) is 0 Å². The Kier molecular flexibility index (Phi) is 12.0. The van der Waals surface area contributed by atoms with Gasteiger partial charge in [0.15, 0.2) is 0 Å². The zero-order valence-electron chi connectivity index (χ0n) is 37.7. The van der Waals surface area contributed by atoms with E-state index in [1.165, 1.54) is 31.4 Å². The van der Waals surface area contributed by atoms with E-state index in [-0.39, 0.29) is 34.2 Å². The largest absolute Gasteiger partial charge is 0.476 e. The number of anilines is 4. The molecule has 3 N–H and O–H groups in total. The fourth-order valence-electron chi connectivity index (χ4n) is 11.3. The molecule has 0 radical (unpaired) electrons. The van der Waals surface area contributed by atoms with Crippen molar-refractivity contribution in [1.29, 1.82) is 0 Å². The topological polar surface area (TPSA) is 185 Å². The van der Waals surface area contributed by atoms with Gasteiger partial charge < -0.3 is 34.3 Å². The van der Waals surface area contributed by atoms with E-state index in [2.05, 4.69) is 38.7 Å². The molecule has 16 nitrogen and oxygen atoms in total. The van der Waals surface area contributed by atoms with E-state index < -0.39 is 31.4 Å². The number of nitro groups is 1. The number of alkyl halides is 1. The number of amides is 1. The number of fused-ring (bicyclic) bond motifs is 4. The number of hydrogen-bond acceptors (Lipinski definition) is 13. The van der Waals surface area contributed by atoms with Crippen LogP contribution in [0.5, 0.6) is 5.88 Å². The summed E-state index contributed by atoms with van der Waals surface area (Å²) in [6, 6.07) is 12.9. The van der Waals surface area contributed by atoms with Gasteiger partial charge in [-0.15, -0.1) is 11.6 Å². The summed E-state index contributed by atoms with van der Waals surface area (Å²) in [6.45, 7) is 11.4. The number of aromatic nitrogens is 2. The molecule has 0 spiro atoms. The van der Waals surface area contributed by atoms with Crippen LogP contribution in [0.2, 0.25) is 0 Å². The number of pyridine rings is 1. The highest BCUT2D eigenvalue weighted by Gasteiger charge is 2.56. The second-order valence-corrected chi connectivity index (χ2v) is 22.4. The van der Waals surface area contributed by atoms with E-state index in [9.17, 15) is 23.3 Å². The van der Waals surface area contributed by atoms with Gasteiger partial charge in [0.05, 0.1) is 53.6 Å². The highest BCUT2D eigenvalue weighted by Crippen LogP contribution is 2.65. The summed E-state index contributed by atoms with van der Waals surface area (Å²) in [7, 11) is -4.59. The Morgan fingerprint density at radius 1 is 0.985 bits per heavy atom. The van der Waals surface area contributed by atoms with Crippen LogP contribution in [-0.4, -0.2) is 117 Å². The number of sulfonamides is 1. The van der Waals surface area contributed by atoms with Crippen LogP contribution in [0, 0.1) is 20.9 Å². The number of piperazine rings is 1. The lowest BCUT2D eigenvalue weighted by molar-refractivity contribution is -0.384. The maximum atomic E-state index is 14.4. The molecule has 3 aliphatic heterocycles. The predicted molar refractivity (Wildman–Crippen MR) is 254 cm³/mol. The van der Waals surface area contributed by atoms with Crippen LogP contribution >= 0.6 is 11.6 Å². The van der Waals surface area contributed by atoms with Crippen molar-refractivity contribution in [3.05, 3.63) is 81.6 Å². The number of halogens is 1. The van der Waals surface area contributed by atoms with Crippen molar-refractivity contribution in [3.8, 4) is 5.88 Å². The van der Waals surface area contributed by atoms with Crippen molar-refractivity contribution in [3.63, 3.8) is 0 Å². The number of nitrogens with one attached hydrogen (secondary N) is 3. The third-order valence-corrected chi connectivity index (χ3v) is 16.7. The van der Waals surface area contributed by atoms with E-state index in [0.717, 1.165) is 82.0 Å². The summed E-state index contributed by atoms with van der Waals surface area (Å²) in [5, 5.41) is 16.0. The SMILES string of the molecule is CC1(C)CCC(CN2CCN(c3ccc(C(=O)NS(=O)(=O)c4ccc(NCC5COCCO5)c([N+](=O)[O-])c4)c(N4CCCOc5nc6[nH]ccc6cc54)c3)CC2)=C(C23CCC(Cl)(CC2)C3)C1. The van der Waals surface area contributed by atoms with Crippen molar-refractivity contribution in [1.82, 2.24) is 19.6 Å². The molecule has 66 heavy (non-hydrogen) atoms. The Morgan fingerprint density at radius 2 is 1.80 bits per heavy atom. The van der Waals surface area contributed by atoms with Gasteiger partial charge in [0.1, 0.15) is 17.0 Å². The van der Waals surface area contributed by atoms with E-state index in [0.29, 0.717) is 67.7 Å². The van der Waals surface area contributed by atoms with Gasteiger partial charge in [-0.3, -0.25) is 19.8 Å². The first-order valence-corrected chi connectivity index (χ1v) is 25.2. The lowest BCUT2D eigenvalue weighted by atomic mass is 9.64. The van der Waals surface area contributed by atoms with E-state index in [4.69, 9.17) is 30.8 Å². The van der Waals surface area contributed by atoms with Gasteiger partial charge in [0, 0.05) is 74.0 Å². The molecule has 5 heterocycles. The van der Waals surface area contributed by atoms with Gasteiger partial charge in [-0.25, -0.2) is 13.1 Å². The summed E-state index contributed by atoms with van der Waals surface area (Å²) in [6.07, 6.45) is 11.4. The molecule has 4 aromatic rings. The standard InChI is InChI=1S/C48H59ClN8O8S/c1-46(2)10-8-33(38(27-46)47-11-13-48(49,31-47)14-12-47)29-54-17-19-55(20-18-54)34-4-6-37(40(25-34)56-16-3-21-65-45-42(56)24-32-9-15-50-43(32)52-45)44(58)53-66(61,62)36-5-7-39(41(26-36)57(59)60)51-28-35-30-63-22-23-64-35/h4-7,9,15,24-26,35,51H,3,8,10-14,16-23,27-31H2,1-2H3,(H,50,52)(H,53,58). The molecule has 4 fully saturated rings. The van der Waals surface area contributed by atoms with Crippen LogP contribution < -0.4 is 24.6 Å². The number of carbonyl (C=O) groups is 1. The predicted octanol–water partition coefficient (Wildman–Crippen LogP) is 7.91.